The Labute approximate surface area is 117 Å². The molecule has 4 nitrogen and oxygen atoms in total. The van der Waals surface area contributed by atoms with E-state index < -0.39 is 0 Å². The topological polar surface area (TPSA) is 52.6 Å². The molecule has 0 aliphatic heterocycles. The zero-order valence-electron chi connectivity index (χ0n) is 11.1. The van der Waals surface area contributed by atoms with E-state index in [0.717, 1.165) is 5.56 Å². The molecule has 5 heteroatoms. The Morgan fingerprint density at radius 3 is 2.68 bits per heavy atom. The normalized spacial score (nSPS) is 10.1. The Hall–Kier alpha value is -1.55. The van der Waals surface area contributed by atoms with Crippen LogP contribution in [-0.4, -0.2) is 25.0 Å². The average molecular weight is 285 g/mol. The van der Waals surface area contributed by atoms with Crippen LogP contribution >= 0.6 is 11.6 Å². The first-order chi connectivity index (χ1) is 9.04. The second kappa shape index (κ2) is 7.79. The van der Waals surface area contributed by atoms with Gasteiger partial charge in [0.05, 0.1) is 6.61 Å². The molecule has 0 saturated carbocycles. The molecule has 0 amide bonds. The van der Waals surface area contributed by atoms with Crippen LogP contribution in [0.3, 0.4) is 0 Å². The fourth-order valence-electron chi connectivity index (χ4n) is 1.56. The Kier molecular flexibility index (Phi) is 6.36. The van der Waals surface area contributed by atoms with Crippen molar-refractivity contribution >= 4 is 23.4 Å². The molecule has 0 N–H and O–H groups in total. The molecular weight excluding hydrogens is 268 g/mol. The van der Waals surface area contributed by atoms with E-state index in [4.69, 9.17) is 21.1 Å². The predicted octanol–water partition coefficient (Wildman–Crippen LogP) is 2.80. The second-order valence-electron chi connectivity index (χ2n) is 4.01. The summed E-state index contributed by atoms with van der Waals surface area (Å²) in [6.07, 6.45) is 0.653. The lowest BCUT2D eigenvalue weighted by Gasteiger charge is -2.11. The third-order valence-electron chi connectivity index (χ3n) is 2.39. The number of rotatable bonds is 7. The van der Waals surface area contributed by atoms with E-state index >= 15 is 0 Å². The molecule has 0 bridgehead atoms. The van der Waals surface area contributed by atoms with Crippen LogP contribution in [0.4, 0.5) is 0 Å². The molecular formula is C14H17ClO4. The highest BCUT2D eigenvalue weighted by Gasteiger charge is 2.11. The minimum atomic E-state index is -0.278. The van der Waals surface area contributed by atoms with Gasteiger partial charge in [-0.1, -0.05) is 17.7 Å². The van der Waals surface area contributed by atoms with Gasteiger partial charge >= 0.3 is 5.97 Å². The van der Waals surface area contributed by atoms with E-state index in [1.54, 1.807) is 25.1 Å². The van der Waals surface area contributed by atoms with Crippen molar-refractivity contribution in [3.05, 3.63) is 28.8 Å². The number of benzene rings is 1. The zero-order valence-corrected chi connectivity index (χ0v) is 11.8. The number of carbonyl (C=O) groups excluding carboxylic acids is 2. The van der Waals surface area contributed by atoms with Gasteiger partial charge in [0, 0.05) is 17.0 Å². The molecule has 0 aliphatic rings. The fourth-order valence-corrected chi connectivity index (χ4v) is 1.82. The molecule has 0 spiro atoms. The van der Waals surface area contributed by atoms with Crippen molar-refractivity contribution in [3.63, 3.8) is 0 Å². The van der Waals surface area contributed by atoms with Crippen LogP contribution in [0.25, 0.3) is 0 Å². The van der Waals surface area contributed by atoms with Gasteiger partial charge in [-0.3, -0.25) is 9.59 Å². The summed E-state index contributed by atoms with van der Waals surface area (Å²) in [5.74, 6) is 0.184. The minimum absolute atomic E-state index is 0.00719. The maximum absolute atomic E-state index is 11.3. The van der Waals surface area contributed by atoms with Crippen LogP contribution in [0.2, 0.25) is 5.02 Å². The van der Waals surface area contributed by atoms with Crippen molar-refractivity contribution in [1.29, 1.82) is 0 Å². The molecule has 0 unspecified atom stereocenters. The van der Waals surface area contributed by atoms with Crippen LogP contribution in [0.1, 0.15) is 25.8 Å². The lowest BCUT2D eigenvalue weighted by molar-refractivity contribution is -0.143. The van der Waals surface area contributed by atoms with Crippen molar-refractivity contribution in [2.24, 2.45) is 0 Å². The number of carbonyl (C=O) groups is 2. The summed E-state index contributed by atoms with van der Waals surface area (Å²) >= 11 is 6.09. The first kappa shape index (κ1) is 15.5. The third kappa shape index (κ3) is 5.30. The number of ketones is 1. The van der Waals surface area contributed by atoms with Crippen molar-refractivity contribution < 1.29 is 19.1 Å². The number of hydrogen-bond acceptors (Lipinski definition) is 4. The van der Waals surface area contributed by atoms with Crippen LogP contribution in [0.15, 0.2) is 18.2 Å². The molecule has 0 saturated heterocycles. The average Bonchev–Trinajstić information content (AvgIpc) is 2.35. The van der Waals surface area contributed by atoms with E-state index in [1.807, 2.05) is 0 Å². The number of esters is 1. The number of halogens is 1. The van der Waals surface area contributed by atoms with Gasteiger partial charge in [-0.05, 0) is 32.4 Å². The fraction of sp³-hybridized carbons (Fsp3) is 0.429. The molecule has 19 heavy (non-hydrogen) atoms. The summed E-state index contributed by atoms with van der Waals surface area (Å²) in [5, 5.41) is 0.519. The number of ether oxygens (including phenoxy) is 2. The van der Waals surface area contributed by atoms with Gasteiger partial charge in [0.1, 0.15) is 12.4 Å². The van der Waals surface area contributed by atoms with Gasteiger partial charge in [0.15, 0.2) is 5.78 Å². The molecule has 1 aromatic carbocycles. The van der Waals surface area contributed by atoms with E-state index in [2.05, 4.69) is 0 Å². The summed E-state index contributed by atoms with van der Waals surface area (Å²) in [6.45, 7) is 3.55. The highest BCUT2D eigenvalue weighted by atomic mass is 35.5. The lowest BCUT2D eigenvalue weighted by Crippen LogP contribution is -2.10. The van der Waals surface area contributed by atoms with Crippen LogP contribution < -0.4 is 4.74 Å². The molecule has 0 aliphatic carbocycles. The Morgan fingerprint density at radius 2 is 2.05 bits per heavy atom. The molecule has 1 rings (SSSR count). The first-order valence-corrected chi connectivity index (χ1v) is 6.47. The molecule has 0 radical (unpaired) electrons. The Morgan fingerprint density at radius 1 is 1.32 bits per heavy atom. The van der Waals surface area contributed by atoms with E-state index in [-0.39, 0.29) is 24.8 Å². The molecule has 104 valence electrons. The summed E-state index contributed by atoms with van der Waals surface area (Å²) in [7, 11) is 0. The van der Waals surface area contributed by atoms with Crippen molar-refractivity contribution in [3.8, 4) is 5.75 Å². The summed E-state index contributed by atoms with van der Waals surface area (Å²) in [4.78, 5) is 22.3. The summed E-state index contributed by atoms with van der Waals surface area (Å²) in [5.41, 5.74) is 0.721. The second-order valence-corrected chi connectivity index (χ2v) is 4.42. The van der Waals surface area contributed by atoms with Crippen LogP contribution in [0, 0.1) is 0 Å². The van der Waals surface area contributed by atoms with Gasteiger partial charge in [0.25, 0.3) is 0 Å². The maximum atomic E-state index is 11.3. The lowest BCUT2D eigenvalue weighted by atomic mass is 10.1. The SMILES string of the molecule is CCOC(=O)CCc1c(Cl)cccc1OCC(C)=O. The van der Waals surface area contributed by atoms with E-state index in [1.165, 1.54) is 6.92 Å². The molecule has 0 aromatic heterocycles. The largest absolute Gasteiger partial charge is 0.486 e. The van der Waals surface area contributed by atoms with Crippen molar-refractivity contribution in [1.82, 2.24) is 0 Å². The molecule has 0 heterocycles. The Balaban J connectivity index is 2.74. The zero-order chi connectivity index (χ0) is 14.3. The minimum Gasteiger partial charge on any atom is -0.486 e. The highest BCUT2D eigenvalue weighted by Crippen LogP contribution is 2.27. The molecule has 0 fully saturated rings. The van der Waals surface area contributed by atoms with Gasteiger partial charge in [0.2, 0.25) is 0 Å². The van der Waals surface area contributed by atoms with Crippen molar-refractivity contribution in [2.75, 3.05) is 13.2 Å². The van der Waals surface area contributed by atoms with Crippen molar-refractivity contribution in [2.45, 2.75) is 26.7 Å². The first-order valence-electron chi connectivity index (χ1n) is 6.09. The molecule has 0 atom stereocenters. The highest BCUT2D eigenvalue weighted by molar-refractivity contribution is 6.31. The molecule has 1 aromatic rings. The van der Waals surface area contributed by atoms with Gasteiger partial charge < -0.3 is 9.47 Å². The van der Waals surface area contributed by atoms with Crippen LogP contribution in [0.5, 0.6) is 5.75 Å². The summed E-state index contributed by atoms with van der Waals surface area (Å²) in [6, 6.07) is 5.20. The van der Waals surface area contributed by atoms with E-state index in [0.29, 0.717) is 23.8 Å². The third-order valence-corrected chi connectivity index (χ3v) is 2.75. The number of Topliss-reactive ketones (excluding diaryl/α,β-unsaturated/α-hetero) is 1. The number of hydrogen-bond donors (Lipinski definition) is 0. The quantitative estimate of drug-likeness (QED) is 0.723. The Bertz CT molecular complexity index is 457. The smallest absolute Gasteiger partial charge is 0.306 e. The predicted molar refractivity (Wildman–Crippen MR) is 72.6 cm³/mol. The van der Waals surface area contributed by atoms with Gasteiger partial charge in [-0.2, -0.15) is 0 Å². The summed E-state index contributed by atoms with van der Waals surface area (Å²) < 4.78 is 10.3. The standard InChI is InChI=1S/C14H17ClO4/c1-3-18-14(17)8-7-11-12(15)5-4-6-13(11)19-9-10(2)16/h4-6H,3,7-9H2,1-2H3. The van der Waals surface area contributed by atoms with Gasteiger partial charge in [-0.15, -0.1) is 0 Å². The van der Waals surface area contributed by atoms with Gasteiger partial charge in [-0.25, -0.2) is 0 Å². The van der Waals surface area contributed by atoms with Crippen LogP contribution in [-0.2, 0) is 20.7 Å². The van der Waals surface area contributed by atoms with E-state index in [9.17, 15) is 9.59 Å². The maximum Gasteiger partial charge on any atom is 0.306 e. The monoisotopic (exact) mass is 284 g/mol.